The van der Waals surface area contributed by atoms with Crippen molar-refractivity contribution in [1.29, 1.82) is 0 Å². The summed E-state index contributed by atoms with van der Waals surface area (Å²) < 4.78 is 0. The largest absolute Gasteiger partial charge is 0.370 e. The number of aryl methyl sites for hydroxylation is 1. The highest BCUT2D eigenvalue weighted by atomic mass is 15.1. The van der Waals surface area contributed by atoms with Gasteiger partial charge in [-0.1, -0.05) is 48.5 Å². The normalized spacial score (nSPS) is 12.2. The molecule has 0 aliphatic heterocycles. The van der Waals surface area contributed by atoms with Crippen LogP contribution in [0.3, 0.4) is 0 Å². The van der Waals surface area contributed by atoms with Gasteiger partial charge in [0.1, 0.15) is 0 Å². The monoisotopic (exact) mass is 254 g/mol. The molecule has 2 N–H and O–H groups in total. The third-order valence-corrected chi connectivity index (χ3v) is 3.48. The maximum atomic E-state index is 6.32. The number of benzene rings is 2. The minimum atomic E-state index is 0.0424. The van der Waals surface area contributed by atoms with Gasteiger partial charge in [0, 0.05) is 24.8 Å². The van der Waals surface area contributed by atoms with E-state index in [0.29, 0.717) is 0 Å². The van der Waals surface area contributed by atoms with Gasteiger partial charge in [0.2, 0.25) is 0 Å². The predicted molar refractivity (Wildman–Crippen MR) is 82.4 cm³/mol. The number of nitrogens with two attached hydrogens (primary N) is 1. The second-order valence-corrected chi connectivity index (χ2v) is 4.84. The molecule has 2 aromatic rings. The van der Waals surface area contributed by atoms with Crippen LogP contribution in [0, 0.1) is 6.92 Å². The summed E-state index contributed by atoms with van der Waals surface area (Å²) in [5.74, 6) is 0. The molecule has 100 valence electrons. The highest BCUT2D eigenvalue weighted by molar-refractivity contribution is 5.53. The first-order valence-electron chi connectivity index (χ1n) is 6.83. The Hall–Kier alpha value is -1.80. The third-order valence-electron chi connectivity index (χ3n) is 3.48. The summed E-state index contributed by atoms with van der Waals surface area (Å²) >= 11 is 0. The first-order valence-corrected chi connectivity index (χ1v) is 6.83. The molecule has 0 aliphatic rings. The fourth-order valence-electron chi connectivity index (χ4n) is 2.36. The number of likely N-dealkylation sites (N-methyl/N-ethyl adjacent to an activating group) is 1. The van der Waals surface area contributed by atoms with Crippen LogP contribution in [0.2, 0.25) is 0 Å². The number of anilines is 1. The lowest BCUT2D eigenvalue weighted by Crippen LogP contribution is -2.32. The molecule has 0 bridgehead atoms. The van der Waals surface area contributed by atoms with Crippen molar-refractivity contribution in [3.63, 3.8) is 0 Å². The molecule has 1 atom stereocenters. The minimum Gasteiger partial charge on any atom is -0.370 e. The Morgan fingerprint density at radius 3 is 2.26 bits per heavy atom. The standard InChI is InChI=1S/C17H22N2/c1-3-19(17-12-8-7-9-14(17)2)13-16(18)15-10-5-4-6-11-15/h4-12,16H,3,13,18H2,1-2H3. The van der Waals surface area contributed by atoms with E-state index in [4.69, 9.17) is 5.73 Å². The van der Waals surface area contributed by atoms with Gasteiger partial charge in [-0.05, 0) is 31.0 Å². The molecule has 0 spiro atoms. The molecule has 0 radical (unpaired) electrons. The Balaban J connectivity index is 2.14. The second kappa shape index (κ2) is 6.39. The lowest BCUT2D eigenvalue weighted by atomic mass is 10.1. The van der Waals surface area contributed by atoms with Gasteiger partial charge in [-0.3, -0.25) is 0 Å². The van der Waals surface area contributed by atoms with Crippen LogP contribution in [0.15, 0.2) is 54.6 Å². The molecule has 0 aromatic heterocycles. The van der Waals surface area contributed by atoms with Crippen molar-refractivity contribution in [2.75, 3.05) is 18.0 Å². The molecule has 0 saturated heterocycles. The maximum absolute atomic E-state index is 6.32. The Labute approximate surface area is 115 Å². The van der Waals surface area contributed by atoms with Crippen LogP contribution in [0.4, 0.5) is 5.69 Å². The fraction of sp³-hybridized carbons (Fsp3) is 0.294. The van der Waals surface area contributed by atoms with Crippen molar-refractivity contribution in [1.82, 2.24) is 0 Å². The average molecular weight is 254 g/mol. The van der Waals surface area contributed by atoms with Crippen molar-refractivity contribution in [3.05, 3.63) is 65.7 Å². The van der Waals surface area contributed by atoms with E-state index in [-0.39, 0.29) is 6.04 Å². The Kier molecular flexibility index (Phi) is 4.58. The molecule has 19 heavy (non-hydrogen) atoms. The average Bonchev–Trinajstić information content (AvgIpc) is 2.46. The molecule has 0 saturated carbocycles. The molecule has 0 heterocycles. The second-order valence-electron chi connectivity index (χ2n) is 4.84. The van der Waals surface area contributed by atoms with E-state index < -0.39 is 0 Å². The van der Waals surface area contributed by atoms with Crippen molar-refractivity contribution in [2.24, 2.45) is 5.73 Å². The van der Waals surface area contributed by atoms with E-state index in [9.17, 15) is 0 Å². The highest BCUT2D eigenvalue weighted by Crippen LogP contribution is 2.21. The van der Waals surface area contributed by atoms with Gasteiger partial charge < -0.3 is 10.6 Å². The summed E-state index contributed by atoms with van der Waals surface area (Å²) in [7, 11) is 0. The van der Waals surface area contributed by atoms with Gasteiger partial charge in [-0.15, -0.1) is 0 Å². The smallest absolute Gasteiger partial charge is 0.0473 e. The molecule has 0 fully saturated rings. The maximum Gasteiger partial charge on any atom is 0.0473 e. The molecular formula is C17H22N2. The number of rotatable bonds is 5. The summed E-state index contributed by atoms with van der Waals surface area (Å²) in [4.78, 5) is 2.34. The molecular weight excluding hydrogens is 232 g/mol. The van der Waals surface area contributed by atoms with Gasteiger partial charge >= 0.3 is 0 Å². The van der Waals surface area contributed by atoms with Crippen LogP contribution in [0.5, 0.6) is 0 Å². The van der Waals surface area contributed by atoms with Crippen LogP contribution < -0.4 is 10.6 Å². The van der Waals surface area contributed by atoms with Gasteiger partial charge in [0.15, 0.2) is 0 Å². The van der Waals surface area contributed by atoms with Crippen LogP contribution in [0.1, 0.15) is 24.1 Å². The van der Waals surface area contributed by atoms with E-state index in [2.05, 4.69) is 55.1 Å². The molecule has 0 aliphatic carbocycles. The van der Waals surface area contributed by atoms with E-state index in [1.165, 1.54) is 16.8 Å². The summed E-state index contributed by atoms with van der Waals surface area (Å²) in [5.41, 5.74) is 10.1. The Morgan fingerprint density at radius 2 is 1.63 bits per heavy atom. The number of nitrogens with zero attached hydrogens (tertiary/aromatic N) is 1. The van der Waals surface area contributed by atoms with E-state index >= 15 is 0 Å². The van der Waals surface area contributed by atoms with Crippen LogP contribution in [-0.2, 0) is 0 Å². The highest BCUT2D eigenvalue weighted by Gasteiger charge is 2.12. The zero-order valence-corrected chi connectivity index (χ0v) is 11.7. The predicted octanol–water partition coefficient (Wildman–Crippen LogP) is 3.52. The summed E-state index contributed by atoms with van der Waals surface area (Å²) in [5, 5.41) is 0. The molecule has 2 rings (SSSR count). The molecule has 2 heteroatoms. The first-order chi connectivity index (χ1) is 9.22. The van der Waals surface area contributed by atoms with Crippen LogP contribution in [0.25, 0.3) is 0 Å². The van der Waals surface area contributed by atoms with Gasteiger partial charge in [-0.25, -0.2) is 0 Å². The van der Waals surface area contributed by atoms with Crippen molar-refractivity contribution < 1.29 is 0 Å². The van der Waals surface area contributed by atoms with Gasteiger partial charge in [-0.2, -0.15) is 0 Å². The minimum absolute atomic E-state index is 0.0424. The van der Waals surface area contributed by atoms with E-state index in [1.54, 1.807) is 0 Å². The Morgan fingerprint density at radius 1 is 1.00 bits per heavy atom. The first kappa shape index (κ1) is 13.6. The van der Waals surface area contributed by atoms with E-state index in [0.717, 1.165) is 13.1 Å². The molecule has 1 unspecified atom stereocenters. The number of hydrogen-bond acceptors (Lipinski definition) is 2. The van der Waals surface area contributed by atoms with Crippen LogP contribution >= 0.6 is 0 Å². The zero-order valence-electron chi connectivity index (χ0n) is 11.7. The third kappa shape index (κ3) is 3.36. The summed E-state index contributed by atoms with van der Waals surface area (Å²) in [6.07, 6.45) is 0. The molecule has 2 nitrogen and oxygen atoms in total. The lowest BCUT2D eigenvalue weighted by molar-refractivity contribution is 0.676. The topological polar surface area (TPSA) is 29.3 Å². The van der Waals surface area contributed by atoms with E-state index in [1.807, 2.05) is 18.2 Å². The summed E-state index contributed by atoms with van der Waals surface area (Å²) in [6.45, 7) is 6.12. The molecule has 0 amide bonds. The zero-order chi connectivity index (χ0) is 13.7. The Bertz CT molecular complexity index is 508. The summed E-state index contributed by atoms with van der Waals surface area (Å²) in [6, 6.07) is 18.8. The van der Waals surface area contributed by atoms with Gasteiger partial charge in [0.05, 0.1) is 0 Å². The number of hydrogen-bond donors (Lipinski definition) is 1. The van der Waals surface area contributed by atoms with Crippen molar-refractivity contribution >= 4 is 5.69 Å². The SMILES string of the molecule is CCN(CC(N)c1ccccc1)c1ccccc1C. The van der Waals surface area contributed by atoms with Crippen molar-refractivity contribution in [3.8, 4) is 0 Å². The van der Waals surface area contributed by atoms with Crippen LogP contribution in [-0.4, -0.2) is 13.1 Å². The quantitative estimate of drug-likeness (QED) is 0.884. The lowest BCUT2D eigenvalue weighted by Gasteiger charge is -2.28. The number of para-hydroxylation sites is 1. The molecule has 2 aromatic carbocycles. The fourth-order valence-corrected chi connectivity index (χ4v) is 2.36. The van der Waals surface area contributed by atoms with Crippen molar-refractivity contribution in [2.45, 2.75) is 19.9 Å². The van der Waals surface area contributed by atoms with Gasteiger partial charge in [0.25, 0.3) is 0 Å².